The highest BCUT2D eigenvalue weighted by Gasteiger charge is 2.13. The number of aryl methyl sites for hydroxylation is 1. The minimum Gasteiger partial charge on any atom is -0.126 e. The van der Waals surface area contributed by atoms with Crippen molar-refractivity contribution in [2.45, 2.75) is 19.3 Å². The van der Waals surface area contributed by atoms with Gasteiger partial charge < -0.3 is 0 Å². The molecular formula is C16H16BrCl. The van der Waals surface area contributed by atoms with E-state index in [1.54, 1.807) is 0 Å². The zero-order valence-corrected chi connectivity index (χ0v) is 12.7. The zero-order valence-electron chi connectivity index (χ0n) is 10.4. The predicted octanol–water partition coefficient (Wildman–Crippen LogP) is 5.32. The first kappa shape index (κ1) is 13.6. The van der Waals surface area contributed by atoms with Crippen LogP contribution in [0.4, 0.5) is 0 Å². The molecule has 2 heteroatoms. The fourth-order valence-corrected chi connectivity index (χ4v) is 2.74. The van der Waals surface area contributed by atoms with Crippen molar-refractivity contribution in [1.82, 2.24) is 0 Å². The molecule has 0 bridgehead atoms. The summed E-state index contributed by atoms with van der Waals surface area (Å²) in [5, 5.41) is 0. The molecule has 0 aliphatic carbocycles. The van der Waals surface area contributed by atoms with Gasteiger partial charge in [0, 0.05) is 16.3 Å². The highest BCUT2D eigenvalue weighted by molar-refractivity contribution is 9.10. The van der Waals surface area contributed by atoms with E-state index in [-0.39, 0.29) is 0 Å². The van der Waals surface area contributed by atoms with E-state index in [0.717, 1.165) is 10.9 Å². The van der Waals surface area contributed by atoms with E-state index in [1.165, 1.54) is 16.7 Å². The molecule has 0 heterocycles. The molecule has 0 nitrogen and oxygen atoms in total. The second-order valence-electron chi connectivity index (χ2n) is 4.54. The van der Waals surface area contributed by atoms with Crippen molar-refractivity contribution in [3.63, 3.8) is 0 Å². The fourth-order valence-electron chi connectivity index (χ4n) is 2.20. The van der Waals surface area contributed by atoms with Gasteiger partial charge in [0.25, 0.3) is 0 Å². The molecule has 0 aromatic heterocycles. The van der Waals surface area contributed by atoms with Crippen LogP contribution in [0, 0.1) is 6.92 Å². The molecule has 0 spiro atoms. The molecule has 0 N–H and O–H groups in total. The maximum atomic E-state index is 6.15. The maximum absolute atomic E-state index is 6.15. The SMILES string of the molecule is Cc1ccccc1C(CCl)Cc1ccc(Br)cc1. The smallest absolute Gasteiger partial charge is 0.0295 e. The Morgan fingerprint density at radius 2 is 1.72 bits per heavy atom. The quantitative estimate of drug-likeness (QED) is 0.668. The Hall–Kier alpha value is -0.790. The lowest BCUT2D eigenvalue weighted by Crippen LogP contribution is -2.06. The fraction of sp³-hybridized carbons (Fsp3) is 0.250. The molecule has 0 fully saturated rings. The van der Waals surface area contributed by atoms with Crippen molar-refractivity contribution in [1.29, 1.82) is 0 Å². The summed E-state index contributed by atoms with van der Waals surface area (Å²) in [6, 6.07) is 17.0. The summed E-state index contributed by atoms with van der Waals surface area (Å²) in [5.74, 6) is 1.04. The molecule has 0 saturated heterocycles. The first-order valence-corrected chi connectivity index (χ1v) is 7.39. The van der Waals surface area contributed by atoms with Crippen molar-refractivity contribution in [2.24, 2.45) is 0 Å². The average Bonchev–Trinajstić information content (AvgIpc) is 2.39. The highest BCUT2D eigenvalue weighted by atomic mass is 79.9. The average molecular weight is 324 g/mol. The molecule has 0 radical (unpaired) electrons. The summed E-state index contributed by atoms with van der Waals surface area (Å²) >= 11 is 9.61. The predicted molar refractivity (Wildman–Crippen MR) is 82.5 cm³/mol. The third kappa shape index (κ3) is 3.37. The lowest BCUT2D eigenvalue weighted by Gasteiger charge is -2.17. The summed E-state index contributed by atoms with van der Waals surface area (Å²) in [4.78, 5) is 0. The van der Waals surface area contributed by atoms with Crippen LogP contribution in [-0.4, -0.2) is 5.88 Å². The molecular weight excluding hydrogens is 308 g/mol. The number of hydrogen-bond acceptors (Lipinski definition) is 0. The Morgan fingerprint density at radius 3 is 2.33 bits per heavy atom. The first-order valence-electron chi connectivity index (χ1n) is 6.06. The van der Waals surface area contributed by atoms with Gasteiger partial charge in [0.15, 0.2) is 0 Å². The monoisotopic (exact) mass is 322 g/mol. The number of alkyl halides is 1. The second-order valence-corrected chi connectivity index (χ2v) is 5.76. The van der Waals surface area contributed by atoms with Crippen molar-refractivity contribution in [2.75, 3.05) is 5.88 Å². The van der Waals surface area contributed by atoms with Crippen molar-refractivity contribution in [3.05, 3.63) is 69.7 Å². The zero-order chi connectivity index (χ0) is 13.0. The molecule has 18 heavy (non-hydrogen) atoms. The molecule has 2 aromatic rings. The molecule has 1 unspecified atom stereocenters. The number of hydrogen-bond donors (Lipinski definition) is 0. The summed E-state index contributed by atoms with van der Waals surface area (Å²) in [5.41, 5.74) is 4.00. The van der Waals surface area contributed by atoms with Crippen LogP contribution >= 0.6 is 27.5 Å². The normalized spacial score (nSPS) is 12.4. The van der Waals surface area contributed by atoms with Crippen molar-refractivity contribution in [3.8, 4) is 0 Å². The van der Waals surface area contributed by atoms with E-state index < -0.39 is 0 Å². The van der Waals surface area contributed by atoms with E-state index in [2.05, 4.69) is 71.4 Å². The van der Waals surface area contributed by atoms with Crippen LogP contribution in [0.5, 0.6) is 0 Å². The second kappa shape index (κ2) is 6.40. The van der Waals surface area contributed by atoms with Gasteiger partial charge in [-0.25, -0.2) is 0 Å². The van der Waals surface area contributed by atoms with Gasteiger partial charge in [0.1, 0.15) is 0 Å². The molecule has 94 valence electrons. The molecule has 0 saturated carbocycles. The molecule has 1 atom stereocenters. The van der Waals surface area contributed by atoms with E-state index in [9.17, 15) is 0 Å². The van der Waals surface area contributed by atoms with Gasteiger partial charge in [-0.05, 0) is 42.2 Å². The maximum Gasteiger partial charge on any atom is 0.0295 e. The van der Waals surface area contributed by atoms with Gasteiger partial charge in [0.05, 0.1) is 0 Å². The van der Waals surface area contributed by atoms with E-state index >= 15 is 0 Å². The lowest BCUT2D eigenvalue weighted by molar-refractivity contribution is 0.760. The Labute approximate surface area is 122 Å². The van der Waals surface area contributed by atoms with Crippen LogP contribution in [0.1, 0.15) is 22.6 Å². The summed E-state index contributed by atoms with van der Waals surface area (Å²) in [7, 11) is 0. The molecule has 2 rings (SSSR count). The highest BCUT2D eigenvalue weighted by Crippen LogP contribution is 2.25. The van der Waals surface area contributed by atoms with Crippen LogP contribution in [0.2, 0.25) is 0 Å². The molecule has 0 aliphatic rings. The standard InChI is InChI=1S/C16H16BrCl/c1-12-4-2-3-5-16(12)14(11-18)10-13-6-8-15(17)9-7-13/h2-9,14H,10-11H2,1H3. The molecule has 2 aromatic carbocycles. The van der Waals surface area contributed by atoms with Gasteiger partial charge in [-0.2, -0.15) is 0 Å². The topological polar surface area (TPSA) is 0 Å². The Bertz CT molecular complexity index is 505. The number of halogens is 2. The van der Waals surface area contributed by atoms with E-state index in [1.807, 2.05) is 0 Å². The third-order valence-corrected chi connectivity index (χ3v) is 4.11. The minimum atomic E-state index is 0.383. The number of benzene rings is 2. The third-order valence-electron chi connectivity index (χ3n) is 3.21. The van der Waals surface area contributed by atoms with Gasteiger partial charge in [-0.1, -0.05) is 52.3 Å². The van der Waals surface area contributed by atoms with Crippen LogP contribution in [-0.2, 0) is 6.42 Å². The first-order chi connectivity index (χ1) is 8.70. The van der Waals surface area contributed by atoms with E-state index in [4.69, 9.17) is 11.6 Å². The van der Waals surface area contributed by atoms with Crippen molar-refractivity contribution >= 4 is 27.5 Å². The van der Waals surface area contributed by atoms with Crippen LogP contribution in [0.25, 0.3) is 0 Å². The van der Waals surface area contributed by atoms with Crippen LogP contribution in [0.3, 0.4) is 0 Å². The van der Waals surface area contributed by atoms with Gasteiger partial charge in [-0.3, -0.25) is 0 Å². The van der Waals surface area contributed by atoms with Crippen LogP contribution < -0.4 is 0 Å². The summed E-state index contributed by atoms with van der Waals surface area (Å²) in [6.07, 6.45) is 0.988. The largest absolute Gasteiger partial charge is 0.126 e. The van der Waals surface area contributed by atoms with Gasteiger partial charge >= 0.3 is 0 Å². The number of rotatable bonds is 4. The van der Waals surface area contributed by atoms with Crippen LogP contribution in [0.15, 0.2) is 53.0 Å². The summed E-state index contributed by atoms with van der Waals surface area (Å²) in [6.45, 7) is 2.15. The summed E-state index contributed by atoms with van der Waals surface area (Å²) < 4.78 is 1.12. The lowest BCUT2D eigenvalue weighted by atomic mass is 9.91. The molecule has 0 aliphatic heterocycles. The minimum absolute atomic E-state index is 0.383. The van der Waals surface area contributed by atoms with Gasteiger partial charge in [-0.15, -0.1) is 11.6 Å². The van der Waals surface area contributed by atoms with Gasteiger partial charge in [0.2, 0.25) is 0 Å². The van der Waals surface area contributed by atoms with Crippen molar-refractivity contribution < 1.29 is 0 Å². The Kier molecular flexibility index (Phi) is 4.85. The van der Waals surface area contributed by atoms with E-state index in [0.29, 0.717) is 11.8 Å². The Balaban J connectivity index is 2.20. The Morgan fingerprint density at radius 1 is 1.06 bits per heavy atom. The molecule has 0 amide bonds.